The molecule has 0 spiro atoms. The summed E-state index contributed by atoms with van der Waals surface area (Å²) in [5.41, 5.74) is 0.754. The molecule has 5 nitrogen and oxygen atoms in total. The Balaban J connectivity index is 2.67. The first kappa shape index (κ1) is 15.4. The molecule has 1 aromatic rings. The third-order valence-corrected chi connectivity index (χ3v) is 3.20. The Bertz CT molecular complexity index is 464. The summed E-state index contributed by atoms with van der Waals surface area (Å²) in [4.78, 5) is 25.2. The van der Waals surface area contributed by atoms with Gasteiger partial charge in [0.1, 0.15) is 5.78 Å². The zero-order valence-corrected chi connectivity index (χ0v) is 12.1. The molecule has 0 amide bonds. The van der Waals surface area contributed by atoms with Crippen molar-refractivity contribution >= 4 is 11.5 Å². The minimum Gasteiger partial charge on any atom is -0.371 e. The highest BCUT2D eigenvalue weighted by atomic mass is 16.1. The van der Waals surface area contributed by atoms with Crippen molar-refractivity contribution < 1.29 is 4.79 Å². The van der Waals surface area contributed by atoms with Crippen molar-refractivity contribution in [1.82, 2.24) is 9.78 Å². The van der Waals surface area contributed by atoms with Crippen molar-refractivity contribution in [2.75, 3.05) is 18.0 Å². The van der Waals surface area contributed by atoms with Crippen molar-refractivity contribution in [3.63, 3.8) is 0 Å². The average molecular weight is 265 g/mol. The number of carbonyl (C=O) groups excluding carboxylic acids is 1. The highest BCUT2D eigenvalue weighted by Gasteiger charge is 2.06. The molecule has 0 saturated heterocycles. The average Bonchev–Trinajstić information content (AvgIpc) is 2.42. The third-order valence-electron chi connectivity index (χ3n) is 3.20. The number of Topliss-reactive ketones (excluding diaryl/α,β-unsaturated/α-hetero) is 1. The molecule has 0 radical (unpaired) electrons. The number of hydrogen-bond donors (Lipinski definition) is 0. The van der Waals surface area contributed by atoms with Crippen molar-refractivity contribution in [1.29, 1.82) is 0 Å². The van der Waals surface area contributed by atoms with E-state index in [0.717, 1.165) is 18.8 Å². The van der Waals surface area contributed by atoms with Crippen LogP contribution in [0, 0.1) is 0 Å². The number of aromatic nitrogens is 2. The fourth-order valence-electron chi connectivity index (χ4n) is 1.96. The van der Waals surface area contributed by atoms with Gasteiger partial charge in [0.25, 0.3) is 5.56 Å². The van der Waals surface area contributed by atoms with Gasteiger partial charge in [-0.3, -0.25) is 9.59 Å². The van der Waals surface area contributed by atoms with Gasteiger partial charge in [-0.25, -0.2) is 4.68 Å². The zero-order valence-electron chi connectivity index (χ0n) is 12.1. The number of rotatable bonds is 8. The molecule has 5 heteroatoms. The Morgan fingerprint density at radius 1 is 1.32 bits per heavy atom. The molecule has 19 heavy (non-hydrogen) atoms. The normalized spacial score (nSPS) is 10.5. The highest BCUT2D eigenvalue weighted by molar-refractivity contribution is 5.77. The van der Waals surface area contributed by atoms with Gasteiger partial charge in [0.05, 0.1) is 11.9 Å². The predicted molar refractivity (Wildman–Crippen MR) is 76.6 cm³/mol. The molecule has 0 aliphatic carbocycles. The van der Waals surface area contributed by atoms with E-state index in [1.54, 1.807) is 12.3 Å². The molecular formula is C14H23N3O2. The van der Waals surface area contributed by atoms with Gasteiger partial charge >= 0.3 is 0 Å². The van der Waals surface area contributed by atoms with E-state index < -0.39 is 0 Å². The van der Waals surface area contributed by atoms with Crippen molar-refractivity contribution in [2.24, 2.45) is 0 Å². The topological polar surface area (TPSA) is 55.2 Å². The molecule has 0 N–H and O–H groups in total. The predicted octanol–water partition coefficient (Wildman–Crippen LogP) is 1.85. The minimum atomic E-state index is -0.103. The van der Waals surface area contributed by atoms with Crippen LogP contribution in [0.3, 0.4) is 0 Å². The Morgan fingerprint density at radius 3 is 2.53 bits per heavy atom. The maximum Gasteiger partial charge on any atom is 0.268 e. The van der Waals surface area contributed by atoms with Crippen molar-refractivity contribution in [3.8, 4) is 0 Å². The number of ketones is 1. The third kappa shape index (κ3) is 4.50. The van der Waals surface area contributed by atoms with Crippen LogP contribution in [0.25, 0.3) is 0 Å². The molecule has 1 heterocycles. The maximum absolute atomic E-state index is 11.9. The summed E-state index contributed by atoms with van der Waals surface area (Å²) < 4.78 is 1.43. The van der Waals surface area contributed by atoms with Crippen molar-refractivity contribution in [2.45, 2.75) is 46.6 Å². The van der Waals surface area contributed by atoms with Crippen LogP contribution < -0.4 is 10.5 Å². The number of aryl methyl sites for hydroxylation is 1. The van der Waals surface area contributed by atoms with E-state index in [0.29, 0.717) is 25.8 Å². The monoisotopic (exact) mass is 265 g/mol. The van der Waals surface area contributed by atoms with Crippen molar-refractivity contribution in [3.05, 3.63) is 22.6 Å². The molecule has 0 unspecified atom stereocenters. The van der Waals surface area contributed by atoms with Crippen LogP contribution in [0.15, 0.2) is 17.1 Å². The van der Waals surface area contributed by atoms with Crippen LogP contribution in [0.5, 0.6) is 0 Å². The van der Waals surface area contributed by atoms with E-state index in [1.165, 1.54) is 4.68 Å². The van der Waals surface area contributed by atoms with Crippen LogP contribution in [0.4, 0.5) is 5.69 Å². The first-order chi connectivity index (χ1) is 9.12. The van der Waals surface area contributed by atoms with Gasteiger partial charge in [-0.15, -0.1) is 0 Å². The summed E-state index contributed by atoms with van der Waals surface area (Å²) in [7, 11) is 0. The molecule has 0 saturated carbocycles. The lowest BCUT2D eigenvalue weighted by Crippen LogP contribution is -2.28. The number of anilines is 1. The number of nitrogens with zero attached hydrogens (tertiary/aromatic N) is 3. The fourth-order valence-corrected chi connectivity index (χ4v) is 1.96. The fraction of sp³-hybridized carbons (Fsp3) is 0.643. The molecule has 0 aliphatic rings. The van der Waals surface area contributed by atoms with E-state index in [9.17, 15) is 9.59 Å². The zero-order chi connectivity index (χ0) is 14.3. The van der Waals surface area contributed by atoms with Gasteiger partial charge in [-0.05, 0) is 20.3 Å². The molecule has 0 bridgehead atoms. The van der Waals surface area contributed by atoms with E-state index in [1.807, 2.05) is 20.8 Å². The van der Waals surface area contributed by atoms with Crippen LogP contribution in [0.1, 0.15) is 40.0 Å². The standard InChI is InChI=1S/C14H23N3O2/c1-4-13(18)8-7-9-17-14(19)10-12(11-15-17)16(5-2)6-3/h10-11H,4-9H2,1-3H3. The molecule has 1 aromatic heterocycles. The van der Waals surface area contributed by atoms with E-state index in [2.05, 4.69) is 10.00 Å². The maximum atomic E-state index is 11.9. The van der Waals surface area contributed by atoms with E-state index in [4.69, 9.17) is 0 Å². The summed E-state index contributed by atoms with van der Waals surface area (Å²) >= 11 is 0. The molecule has 0 fully saturated rings. The lowest BCUT2D eigenvalue weighted by Gasteiger charge is -2.20. The first-order valence-electron chi connectivity index (χ1n) is 6.96. The van der Waals surface area contributed by atoms with E-state index >= 15 is 0 Å². The lowest BCUT2D eigenvalue weighted by atomic mass is 10.2. The number of hydrogen-bond acceptors (Lipinski definition) is 4. The van der Waals surface area contributed by atoms with Crippen LogP contribution in [-0.4, -0.2) is 28.7 Å². The Hall–Kier alpha value is -1.65. The molecule has 1 rings (SSSR count). The lowest BCUT2D eigenvalue weighted by molar-refractivity contribution is -0.118. The SMILES string of the molecule is CCC(=O)CCCn1ncc(N(CC)CC)cc1=O. The Morgan fingerprint density at radius 2 is 2.00 bits per heavy atom. The second-order valence-electron chi connectivity index (χ2n) is 4.44. The largest absolute Gasteiger partial charge is 0.371 e. The Kier molecular flexibility index (Phi) is 6.25. The van der Waals surface area contributed by atoms with Gasteiger partial charge in [0.2, 0.25) is 0 Å². The molecular weight excluding hydrogens is 242 g/mol. The smallest absolute Gasteiger partial charge is 0.268 e. The van der Waals surface area contributed by atoms with Crippen LogP contribution in [0.2, 0.25) is 0 Å². The quantitative estimate of drug-likeness (QED) is 0.720. The highest BCUT2D eigenvalue weighted by Crippen LogP contribution is 2.08. The summed E-state index contributed by atoms with van der Waals surface area (Å²) in [6, 6.07) is 1.61. The minimum absolute atomic E-state index is 0.103. The van der Waals surface area contributed by atoms with Gasteiger partial charge in [-0.2, -0.15) is 5.10 Å². The van der Waals surface area contributed by atoms with Crippen LogP contribution in [-0.2, 0) is 11.3 Å². The summed E-state index contributed by atoms with van der Waals surface area (Å²) in [5.74, 6) is 0.229. The summed E-state index contributed by atoms with van der Waals surface area (Å²) in [6.07, 6.45) is 3.46. The molecule has 0 aromatic carbocycles. The second-order valence-corrected chi connectivity index (χ2v) is 4.44. The van der Waals surface area contributed by atoms with Crippen LogP contribution >= 0.6 is 0 Å². The summed E-state index contributed by atoms with van der Waals surface area (Å²) in [6.45, 7) is 8.16. The molecule has 106 valence electrons. The molecule has 0 aliphatic heterocycles. The second kappa shape index (κ2) is 7.71. The van der Waals surface area contributed by atoms with Gasteiger partial charge in [0.15, 0.2) is 0 Å². The van der Waals surface area contributed by atoms with Gasteiger partial charge in [0, 0.05) is 38.5 Å². The number of carbonyl (C=O) groups is 1. The van der Waals surface area contributed by atoms with Gasteiger partial charge in [-0.1, -0.05) is 6.92 Å². The van der Waals surface area contributed by atoms with Gasteiger partial charge < -0.3 is 4.90 Å². The molecule has 0 atom stereocenters. The summed E-state index contributed by atoms with van der Waals surface area (Å²) in [5, 5.41) is 4.17. The Labute approximate surface area is 114 Å². The van der Waals surface area contributed by atoms with E-state index in [-0.39, 0.29) is 11.3 Å². The first-order valence-corrected chi connectivity index (χ1v) is 6.96.